The molecule has 0 aromatic rings. The van der Waals surface area contributed by atoms with Crippen molar-refractivity contribution in [2.24, 2.45) is 11.3 Å². The van der Waals surface area contributed by atoms with Crippen LogP contribution in [0.3, 0.4) is 0 Å². The molecule has 0 aliphatic rings. The van der Waals surface area contributed by atoms with Gasteiger partial charge in [0.2, 0.25) is 0 Å². The summed E-state index contributed by atoms with van der Waals surface area (Å²) in [6.07, 6.45) is 0. The summed E-state index contributed by atoms with van der Waals surface area (Å²) in [5, 5.41) is 8.95. The van der Waals surface area contributed by atoms with E-state index in [2.05, 4.69) is 39.5 Å². The fraction of sp³-hybridized carbons (Fsp3) is 1.00. The molecule has 80 valence electrons. The highest BCUT2D eigenvalue weighted by atomic mass is 16.3. The van der Waals surface area contributed by atoms with E-state index in [1.807, 2.05) is 0 Å². The Morgan fingerprint density at radius 2 is 1.85 bits per heavy atom. The minimum Gasteiger partial charge on any atom is -0.396 e. The molecule has 13 heavy (non-hydrogen) atoms. The van der Waals surface area contributed by atoms with Gasteiger partial charge >= 0.3 is 0 Å². The number of rotatable bonds is 5. The minimum absolute atomic E-state index is 0.292. The molecule has 0 heterocycles. The maximum atomic E-state index is 8.95. The Labute approximate surface area is 82.9 Å². The van der Waals surface area contributed by atoms with Gasteiger partial charge in [0, 0.05) is 19.7 Å². The number of nitrogens with zero attached hydrogens (tertiary/aromatic N) is 1. The van der Waals surface area contributed by atoms with Crippen LogP contribution >= 0.6 is 0 Å². The lowest BCUT2D eigenvalue weighted by Gasteiger charge is -2.30. The summed E-state index contributed by atoms with van der Waals surface area (Å²) >= 11 is 0. The Kier molecular flexibility index (Phi) is 5.57. The van der Waals surface area contributed by atoms with Gasteiger partial charge in [-0.1, -0.05) is 34.6 Å². The van der Waals surface area contributed by atoms with E-state index in [9.17, 15) is 0 Å². The van der Waals surface area contributed by atoms with Crippen LogP contribution in [-0.2, 0) is 0 Å². The van der Waals surface area contributed by atoms with Crippen LogP contribution in [0.1, 0.15) is 34.6 Å². The van der Waals surface area contributed by atoms with Crippen molar-refractivity contribution in [2.75, 3.05) is 26.2 Å². The van der Waals surface area contributed by atoms with Crippen molar-refractivity contribution in [3.8, 4) is 0 Å². The molecule has 0 aromatic heterocycles. The number of aliphatic hydroxyl groups is 1. The molecule has 1 unspecified atom stereocenters. The first kappa shape index (κ1) is 12.9. The zero-order chi connectivity index (χ0) is 10.5. The van der Waals surface area contributed by atoms with Crippen LogP contribution in [0.2, 0.25) is 0 Å². The standard InChI is InChI=1S/C11H25NO/c1-6-12(7-10(2)8-13)9-11(3,4)5/h10,13H,6-9H2,1-5H3. The molecule has 0 saturated heterocycles. The van der Waals surface area contributed by atoms with E-state index >= 15 is 0 Å². The van der Waals surface area contributed by atoms with Crippen LogP contribution in [0.15, 0.2) is 0 Å². The van der Waals surface area contributed by atoms with Crippen LogP contribution in [-0.4, -0.2) is 36.2 Å². The summed E-state index contributed by atoms with van der Waals surface area (Å²) in [6, 6.07) is 0. The fourth-order valence-corrected chi connectivity index (χ4v) is 1.47. The Morgan fingerprint density at radius 3 is 2.15 bits per heavy atom. The molecule has 1 N–H and O–H groups in total. The molecule has 0 fully saturated rings. The van der Waals surface area contributed by atoms with Crippen molar-refractivity contribution < 1.29 is 5.11 Å². The quantitative estimate of drug-likeness (QED) is 0.711. The summed E-state index contributed by atoms with van der Waals surface area (Å²) in [7, 11) is 0. The maximum Gasteiger partial charge on any atom is 0.0468 e. The summed E-state index contributed by atoms with van der Waals surface area (Å²) in [4.78, 5) is 2.40. The van der Waals surface area contributed by atoms with Crippen molar-refractivity contribution in [3.05, 3.63) is 0 Å². The Hall–Kier alpha value is -0.0800. The zero-order valence-corrected chi connectivity index (χ0v) is 9.80. The minimum atomic E-state index is 0.292. The lowest BCUT2D eigenvalue weighted by molar-refractivity contribution is 0.144. The first-order valence-corrected chi connectivity index (χ1v) is 5.22. The molecule has 1 atom stereocenters. The molecule has 0 amide bonds. The van der Waals surface area contributed by atoms with Crippen LogP contribution in [0.25, 0.3) is 0 Å². The first-order chi connectivity index (χ1) is 5.89. The number of hydrogen-bond acceptors (Lipinski definition) is 2. The molecule has 0 bridgehead atoms. The highest BCUT2D eigenvalue weighted by Gasteiger charge is 2.16. The van der Waals surface area contributed by atoms with Gasteiger partial charge in [-0.15, -0.1) is 0 Å². The van der Waals surface area contributed by atoms with Crippen LogP contribution in [0.5, 0.6) is 0 Å². The predicted molar refractivity (Wildman–Crippen MR) is 57.8 cm³/mol. The number of hydrogen-bond donors (Lipinski definition) is 1. The highest BCUT2D eigenvalue weighted by Crippen LogP contribution is 2.15. The fourth-order valence-electron chi connectivity index (χ4n) is 1.47. The third-order valence-electron chi connectivity index (χ3n) is 2.03. The monoisotopic (exact) mass is 187 g/mol. The summed E-state index contributed by atoms with van der Waals surface area (Å²) in [5.41, 5.74) is 0.352. The molecule has 2 heteroatoms. The third-order valence-corrected chi connectivity index (χ3v) is 2.03. The molecule has 0 rings (SSSR count). The SMILES string of the molecule is CCN(CC(C)CO)CC(C)(C)C. The van der Waals surface area contributed by atoms with Crippen LogP contribution in [0.4, 0.5) is 0 Å². The molecule has 0 aliphatic heterocycles. The van der Waals surface area contributed by atoms with E-state index < -0.39 is 0 Å². The molecular weight excluding hydrogens is 162 g/mol. The largest absolute Gasteiger partial charge is 0.396 e. The van der Waals surface area contributed by atoms with E-state index in [0.29, 0.717) is 17.9 Å². The second kappa shape index (κ2) is 5.61. The molecule has 2 nitrogen and oxygen atoms in total. The maximum absolute atomic E-state index is 8.95. The second-order valence-corrected chi connectivity index (χ2v) is 5.18. The van der Waals surface area contributed by atoms with Gasteiger partial charge in [-0.3, -0.25) is 0 Å². The Balaban J connectivity index is 3.89. The smallest absolute Gasteiger partial charge is 0.0468 e. The molecule has 0 aromatic carbocycles. The van der Waals surface area contributed by atoms with E-state index in [1.54, 1.807) is 0 Å². The molecule has 0 aliphatic carbocycles. The summed E-state index contributed by atoms with van der Waals surface area (Å²) < 4.78 is 0. The lowest BCUT2D eigenvalue weighted by Crippen LogP contribution is -2.36. The second-order valence-electron chi connectivity index (χ2n) is 5.18. The van der Waals surface area contributed by atoms with Gasteiger partial charge in [-0.2, -0.15) is 0 Å². The predicted octanol–water partition coefficient (Wildman–Crippen LogP) is 1.98. The van der Waals surface area contributed by atoms with Crippen molar-refractivity contribution >= 4 is 0 Å². The molecule has 0 radical (unpaired) electrons. The van der Waals surface area contributed by atoms with Gasteiger partial charge in [0.25, 0.3) is 0 Å². The lowest BCUT2D eigenvalue weighted by atomic mass is 9.95. The van der Waals surface area contributed by atoms with Crippen molar-refractivity contribution in [1.29, 1.82) is 0 Å². The van der Waals surface area contributed by atoms with E-state index in [-0.39, 0.29) is 0 Å². The van der Waals surface area contributed by atoms with Crippen molar-refractivity contribution in [1.82, 2.24) is 4.90 Å². The summed E-state index contributed by atoms with van der Waals surface area (Å²) in [5.74, 6) is 0.391. The van der Waals surface area contributed by atoms with E-state index in [1.165, 1.54) is 0 Å². The topological polar surface area (TPSA) is 23.5 Å². The molecule has 0 saturated carbocycles. The first-order valence-electron chi connectivity index (χ1n) is 5.22. The zero-order valence-electron chi connectivity index (χ0n) is 9.80. The number of aliphatic hydroxyl groups excluding tert-OH is 1. The molecular formula is C11H25NO. The average molecular weight is 187 g/mol. The normalized spacial score (nSPS) is 15.0. The third kappa shape index (κ3) is 7.03. The summed E-state index contributed by atoms with van der Waals surface area (Å²) in [6.45, 7) is 14.5. The Bertz CT molecular complexity index is 129. The van der Waals surface area contributed by atoms with Gasteiger partial charge in [0.1, 0.15) is 0 Å². The van der Waals surface area contributed by atoms with Gasteiger partial charge < -0.3 is 10.0 Å². The van der Waals surface area contributed by atoms with E-state index in [4.69, 9.17) is 5.11 Å². The molecule has 0 spiro atoms. The van der Waals surface area contributed by atoms with Gasteiger partial charge in [0.05, 0.1) is 0 Å². The van der Waals surface area contributed by atoms with Gasteiger partial charge in [-0.25, -0.2) is 0 Å². The van der Waals surface area contributed by atoms with Gasteiger partial charge in [0.15, 0.2) is 0 Å². The Morgan fingerprint density at radius 1 is 1.31 bits per heavy atom. The highest BCUT2D eigenvalue weighted by molar-refractivity contribution is 4.69. The average Bonchev–Trinajstić information content (AvgIpc) is 2.00. The van der Waals surface area contributed by atoms with Crippen molar-refractivity contribution in [2.45, 2.75) is 34.6 Å². The van der Waals surface area contributed by atoms with Gasteiger partial charge in [-0.05, 0) is 17.9 Å². The van der Waals surface area contributed by atoms with Crippen molar-refractivity contribution in [3.63, 3.8) is 0 Å². The van der Waals surface area contributed by atoms with E-state index in [0.717, 1.165) is 19.6 Å². The van der Waals surface area contributed by atoms with Crippen LogP contribution in [0, 0.1) is 11.3 Å². The van der Waals surface area contributed by atoms with Crippen LogP contribution < -0.4 is 0 Å².